The number of unbranched alkanes of at least 4 members (excludes halogenated alkanes) is 3. The lowest BCUT2D eigenvalue weighted by molar-refractivity contribution is -0.142. The fourth-order valence-electron chi connectivity index (χ4n) is 11.2. The van der Waals surface area contributed by atoms with E-state index < -0.39 is 193 Å². The van der Waals surface area contributed by atoms with E-state index in [1.165, 1.54) is 6.92 Å². The van der Waals surface area contributed by atoms with Gasteiger partial charge in [-0.1, -0.05) is 72.6 Å². The third-order valence-corrected chi connectivity index (χ3v) is 17.9. The van der Waals surface area contributed by atoms with Crippen LogP contribution in [0.2, 0.25) is 0 Å². The van der Waals surface area contributed by atoms with Gasteiger partial charge in [-0.25, -0.2) is 4.79 Å². The number of amides is 13. The van der Waals surface area contributed by atoms with E-state index in [9.17, 15) is 82.4 Å². The van der Waals surface area contributed by atoms with E-state index >= 15 is 0 Å². The van der Waals surface area contributed by atoms with Crippen LogP contribution in [0.5, 0.6) is 0 Å². The van der Waals surface area contributed by atoms with E-state index in [0.29, 0.717) is 42.1 Å². The number of aliphatic imine (C=N–C) groups is 1. The minimum Gasteiger partial charge on any atom is -0.480 e. The zero-order valence-electron chi connectivity index (χ0n) is 62.5. The number of nitrogens with zero attached hydrogens (tertiary/aromatic N) is 1. The minimum absolute atomic E-state index is 0.0415. The van der Waals surface area contributed by atoms with Crippen LogP contribution in [0, 0.1) is 17.8 Å². The molecule has 0 unspecified atom stereocenters. The van der Waals surface area contributed by atoms with Crippen LogP contribution in [0.4, 0.5) is 0 Å². The topological polar surface area (TPSA) is 668 Å². The molecular weight excluding hydrogens is 1390 g/mol. The molecule has 13 amide bonds. The molecule has 15 atom stereocenters. The summed E-state index contributed by atoms with van der Waals surface area (Å²) in [5.74, 6) is -15.6. The molecule has 2 aromatic rings. The van der Waals surface area contributed by atoms with Crippen molar-refractivity contribution < 1.29 is 82.4 Å². The average Bonchev–Trinajstić information content (AvgIpc) is 1.70. The number of primary amides is 2. The molecule has 0 radical (unpaired) electrons. The van der Waals surface area contributed by atoms with Crippen LogP contribution in [-0.4, -0.2) is 220 Å². The second kappa shape index (κ2) is 49.3. The Morgan fingerprint density at radius 2 is 0.860 bits per heavy atom. The molecule has 602 valence electrons. The smallest absolute Gasteiger partial charge is 0.326 e. The van der Waals surface area contributed by atoms with E-state index in [1.54, 1.807) is 72.0 Å². The van der Waals surface area contributed by atoms with Crippen LogP contribution in [-0.2, 0) is 73.5 Å². The van der Waals surface area contributed by atoms with E-state index in [1.807, 2.05) is 0 Å². The highest BCUT2D eigenvalue weighted by atomic mass is 16.4. The first-order valence-electron chi connectivity index (χ1n) is 36.5. The fourth-order valence-corrected chi connectivity index (χ4v) is 11.2. The molecule has 107 heavy (non-hydrogen) atoms. The highest BCUT2D eigenvalue weighted by Gasteiger charge is 2.39. The number of aromatic amines is 1. The van der Waals surface area contributed by atoms with Gasteiger partial charge in [0.1, 0.15) is 72.5 Å². The Kier molecular flexibility index (Phi) is 43.0. The number of hydrogen-bond acceptors (Lipinski definition) is 21. The lowest BCUT2D eigenvalue weighted by Gasteiger charge is -2.30. The van der Waals surface area contributed by atoms with Crippen molar-refractivity contribution in [3.8, 4) is 0 Å². The van der Waals surface area contributed by atoms with Gasteiger partial charge < -0.3 is 125 Å². The predicted octanol–water partition coefficient (Wildman–Crippen LogP) is -5.45. The Labute approximate surface area is 623 Å². The first kappa shape index (κ1) is 93.5. The maximum atomic E-state index is 14.9. The van der Waals surface area contributed by atoms with Gasteiger partial charge in [-0.2, -0.15) is 0 Å². The van der Waals surface area contributed by atoms with Crippen LogP contribution >= 0.6 is 0 Å². The van der Waals surface area contributed by atoms with Gasteiger partial charge in [-0.3, -0.25) is 67.3 Å². The molecule has 0 spiro atoms. The van der Waals surface area contributed by atoms with E-state index in [0.717, 1.165) is 0 Å². The molecule has 0 saturated carbocycles. The molecule has 1 heterocycles. The van der Waals surface area contributed by atoms with Crippen molar-refractivity contribution in [3.05, 3.63) is 36.0 Å². The zero-order valence-corrected chi connectivity index (χ0v) is 62.5. The minimum atomic E-state index is -1.84. The molecule has 0 bridgehead atoms. The molecule has 0 fully saturated rings. The van der Waals surface area contributed by atoms with Crippen molar-refractivity contribution in [2.24, 2.45) is 68.6 Å². The van der Waals surface area contributed by atoms with Crippen LogP contribution in [0.25, 0.3) is 10.9 Å². The monoisotopic (exact) mass is 1510 g/mol. The first-order valence-corrected chi connectivity index (χ1v) is 36.5. The van der Waals surface area contributed by atoms with Crippen molar-refractivity contribution in [2.75, 3.05) is 32.8 Å². The number of carboxylic acid groups (broad SMARTS) is 1. The van der Waals surface area contributed by atoms with Crippen LogP contribution in [0.3, 0.4) is 0 Å². The molecule has 1 aromatic heterocycles. The summed E-state index contributed by atoms with van der Waals surface area (Å²) < 4.78 is 0. The number of aliphatic hydroxyl groups excluding tert-OH is 2. The maximum absolute atomic E-state index is 14.9. The van der Waals surface area contributed by atoms with Gasteiger partial charge in [0.15, 0.2) is 5.96 Å². The van der Waals surface area contributed by atoms with Crippen molar-refractivity contribution in [3.63, 3.8) is 0 Å². The average molecular weight is 1510 g/mol. The highest BCUT2D eigenvalue weighted by Crippen LogP contribution is 2.21. The molecule has 0 aliphatic rings. The molecule has 1 aromatic carbocycles. The van der Waals surface area contributed by atoms with Crippen LogP contribution in [0.15, 0.2) is 35.5 Å². The molecule has 2 rings (SSSR count). The number of carbonyl (C=O) groups excluding carboxylic acids is 13. The fraction of sp³-hybridized carbons (Fsp3) is 0.667. The largest absolute Gasteiger partial charge is 0.480 e. The lowest BCUT2D eigenvalue weighted by atomic mass is 9.96. The number of nitrogens with two attached hydrogens (primary N) is 8. The first-order chi connectivity index (χ1) is 50.6. The van der Waals surface area contributed by atoms with E-state index in [2.05, 4.69) is 68.5 Å². The number of carboxylic acids is 1. The molecule has 38 heteroatoms. The SMILES string of the molecule is CC[C@H](C)[C@H](NC(=O)[C@H](Cc1c[nH]c2ccccc12)NC(=O)[C@H](CO)NC(=O)[C@@H](NC(=O)[C@H](CC(C)C)NC(=O)[C@@H](N)[C@@H](C)O)[C@@H](C)CC)C(=O)N[C@@H](CCCCN)C(=O)N[C@@H](CC(N)=O)C(=O)N[C@@H](CCCCN)C(=O)N[C@@H](CCCN=C(N)N)C(=O)N[C@@H](CCCCN)C(=O)N[C@@H](CCC(N)=O)C(=O)O. The van der Waals surface area contributed by atoms with Crippen LogP contribution in [0.1, 0.15) is 163 Å². The van der Waals surface area contributed by atoms with Gasteiger partial charge in [0, 0.05) is 36.5 Å². The van der Waals surface area contributed by atoms with Crippen LogP contribution < -0.4 is 104 Å². The summed E-state index contributed by atoms with van der Waals surface area (Å²) in [6.45, 7) is 11.1. The number of para-hydroxylation sites is 1. The summed E-state index contributed by atoms with van der Waals surface area (Å²) in [7, 11) is 0. The second-order valence-electron chi connectivity index (χ2n) is 27.3. The zero-order chi connectivity index (χ0) is 80.6. The van der Waals surface area contributed by atoms with Crippen molar-refractivity contribution in [1.29, 1.82) is 0 Å². The number of H-pyrrole nitrogens is 1. The summed E-state index contributed by atoms with van der Waals surface area (Å²) in [5.41, 5.74) is 46.3. The Balaban J connectivity index is 2.63. The van der Waals surface area contributed by atoms with Gasteiger partial charge in [-0.05, 0) is 139 Å². The Hall–Kier alpha value is -9.63. The molecule has 0 saturated heterocycles. The normalized spacial score (nSPS) is 15.5. The number of hydrogen-bond donors (Lipinski definition) is 23. The number of aromatic nitrogens is 1. The Morgan fingerprint density at radius 1 is 0.467 bits per heavy atom. The van der Waals surface area contributed by atoms with Gasteiger partial charge in [0.05, 0.1) is 19.1 Å². The molecular formula is C69H119N21O17. The summed E-state index contributed by atoms with van der Waals surface area (Å²) in [6.07, 6.45) is 0.390. The van der Waals surface area contributed by atoms with Gasteiger partial charge >= 0.3 is 5.97 Å². The molecule has 0 aliphatic carbocycles. The maximum Gasteiger partial charge on any atom is 0.326 e. The Morgan fingerprint density at radius 3 is 1.28 bits per heavy atom. The summed E-state index contributed by atoms with van der Waals surface area (Å²) >= 11 is 0. The third kappa shape index (κ3) is 33.8. The van der Waals surface area contributed by atoms with Gasteiger partial charge in [0.2, 0.25) is 76.8 Å². The number of rotatable bonds is 54. The van der Waals surface area contributed by atoms with Gasteiger partial charge in [0.25, 0.3) is 0 Å². The molecule has 38 nitrogen and oxygen atoms in total. The summed E-state index contributed by atoms with van der Waals surface area (Å²) in [6, 6.07) is -11.1. The molecule has 0 aliphatic heterocycles. The lowest BCUT2D eigenvalue weighted by Crippen LogP contribution is -2.62. The standard InChI is InChI=1S/C69H119N21O17/c1-8-37(5)55(90-63(101)49(32-40-34-79-42-20-11-10-19-41(40)42)85-64(102)51(35-91)88-67(105)56(38(6)9-2)89-62(100)48(31-36(3)4)87-65(103)54(75)39(7)92)66(104)83-45(23-14-17-29-72)60(98)86-50(33-53(74)94)61(99)82-43(21-12-15-27-70)57(95)81-46(24-18-30-78-69(76)77)58(96)80-44(22-13-16-28-71)59(97)84-47(68(106)107)25-26-52(73)93/h10-11,19-20,34,36-39,43-51,54-56,79,91-92H,8-9,12-18,21-33,35,70-72,75H2,1-7H3,(H2,73,93)(H2,74,94)(H,80,96)(H,81,95)(H,82,99)(H,83,104)(H,84,97)(H,85,102)(H,86,98)(H,87,103)(H,88,105)(H,89,100)(H,90,101)(H,106,107)(H4,76,77,78)/t37-,38-,39+,43-,44-,45-,46-,47-,48-,49-,50-,51-,54-,55-,56-/m0/s1. The van der Waals surface area contributed by atoms with E-state index in [-0.39, 0.29) is 115 Å². The van der Waals surface area contributed by atoms with Crippen molar-refractivity contribution in [1.82, 2.24) is 63.5 Å². The molecule has 31 N–H and O–H groups in total. The van der Waals surface area contributed by atoms with E-state index in [4.69, 9.17) is 45.9 Å². The van der Waals surface area contributed by atoms with Crippen molar-refractivity contribution >= 4 is 99.6 Å². The second-order valence-corrected chi connectivity index (χ2v) is 27.3. The number of aliphatic carboxylic acids is 1. The van der Waals surface area contributed by atoms with Crippen molar-refractivity contribution in [2.45, 2.75) is 243 Å². The number of carbonyl (C=O) groups is 14. The quantitative estimate of drug-likeness (QED) is 0.0167. The summed E-state index contributed by atoms with van der Waals surface area (Å²) in [4.78, 5) is 200. The predicted molar refractivity (Wildman–Crippen MR) is 397 cm³/mol. The number of benzene rings is 1. The number of aliphatic hydroxyl groups is 2. The Bertz CT molecular complexity index is 3280. The third-order valence-electron chi connectivity index (χ3n) is 17.9. The van der Waals surface area contributed by atoms with Gasteiger partial charge in [-0.15, -0.1) is 0 Å². The number of guanidine groups is 1. The highest BCUT2D eigenvalue weighted by molar-refractivity contribution is 6.00. The summed E-state index contributed by atoms with van der Waals surface area (Å²) in [5, 5.41) is 59.4. The number of nitrogens with one attached hydrogen (secondary N) is 12. The number of fused-ring (bicyclic) bond motifs is 1.